The molecule has 0 aliphatic carbocycles. The molecular formula is C41H72N12O12. The third-order valence-electron chi connectivity index (χ3n) is 10.2. The summed E-state index contributed by atoms with van der Waals surface area (Å²) >= 11 is 0. The number of carbonyl (C=O) groups excluding carboxylic acids is 10. The third kappa shape index (κ3) is 21.7. The van der Waals surface area contributed by atoms with Gasteiger partial charge in [0.25, 0.3) is 0 Å². The Morgan fingerprint density at radius 1 is 0.754 bits per heavy atom. The number of hydrogen-bond donors (Lipinski definition) is 12. The number of nitrogens with zero attached hydrogens (tertiary/aromatic N) is 1. The lowest BCUT2D eigenvalue weighted by Crippen LogP contribution is -2.62. The second-order valence-corrected chi connectivity index (χ2v) is 17.2. The zero-order chi connectivity index (χ0) is 49.4. The van der Waals surface area contributed by atoms with Crippen LogP contribution in [-0.4, -0.2) is 156 Å². The molecule has 15 N–H and O–H groups in total. The second kappa shape index (κ2) is 28.9. The van der Waals surface area contributed by atoms with Gasteiger partial charge in [0.15, 0.2) is 0 Å². The molecule has 65 heavy (non-hydrogen) atoms. The number of carboxylic acids is 1. The highest BCUT2D eigenvalue weighted by atomic mass is 16.4. The van der Waals surface area contributed by atoms with Crippen LogP contribution in [0.2, 0.25) is 0 Å². The quantitative estimate of drug-likeness (QED) is 0.0231. The van der Waals surface area contributed by atoms with Crippen LogP contribution >= 0.6 is 0 Å². The van der Waals surface area contributed by atoms with Crippen LogP contribution in [0.4, 0.5) is 0 Å². The van der Waals surface area contributed by atoms with Crippen molar-refractivity contribution in [3.63, 3.8) is 0 Å². The fourth-order valence-electron chi connectivity index (χ4n) is 6.98. The maximum atomic E-state index is 13.5. The van der Waals surface area contributed by atoms with Gasteiger partial charge in [-0.25, -0.2) is 4.79 Å². The summed E-state index contributed by atoms with van der Waals surface area (Å²) in [6.45, 7) is 8.85. The number of unbranched alkanes of at least 4 members (excludes halogenated alkanes) is 1. The summed E-state index contributed by atoms with van der Waals surface area (Å²) in [7, 11) is 0. The molecule has 0 aromatic rings. The van der Waals surface area contributed by atoms with Crippen LogP contribution in [0.5, 0.6) is 0 Å². The van der Waals surface area contributed by atoms with Crippen LogP contribution in [0, 0.1) is 11.8 Å². The zero-order valence-corrected chi connectivity index (χ0v) is 38.4. The number of amides is 9. The van der Waals surface area contributed by atoms with E-state index in [2.05, 4.69) is 42.5 Å². The number of nitrogens with two attached hydrogens (primary N) is 3. The van der Waals surface area contributed by atoms with E-state index in [1.807, 2.05) is 13.8 Å². The average molecular weight is 925 g/mol. The third-order valence-corrected chi connectivity index (χ3v) is 10.2. The molecule has 24 nitrogen and oxygen atoms in total. The van der Waals surface area contributed by atoms with Crippen LogP contribution in [0.1, 0.15) is 99.3 Å². The molecule has 0 saturated carbocycles. The number of carbonyl (C=O) groups is 11. The van der Waals surface area contributed by atoms with Crippen molar-refractivity contribution in [3.05, 3.63) is 0 Å². The van der Waals surface area contributed by atoms with Crippen molar-refractivity contribution >= 4 is 65.4 Å². The summed E-state index contributed by atoms with van der Waals surface area (Å²) in [5.41, 5.74) is 14.6. The minimum absolute atomic E-state index is 0.0822. The highest BCUT2D eigenvalue weighted by Gasteiger charge is 2.37. The van der Waals surface area contributed by atoms with Crippen molar-refractivity contribution in [3.8, 4) is 0 Å². The molecule has 1 aliphatic heterocycles. The molecule has 1 rings (SSSR count). The Balaban J connectivity index is 2.92. The molecule has 24 heteroatoms. The fraction of sp³-hybridized carbons (Fsp3) is 0.732. The van der Waals surface area contributed by atoms with E-state index in [-0.39, 0.29) is 57.0 Å². The van der Waals surface area contributed by atoms with Gasteiger partial charge in [-0.1, -0.05) is 27.7 Å². The first-order chi connectivity index (χ1) is 30.4. The molecule has 0 radical (unpaired) electrons. The number of aldehydes is 1. The van der Waals surface area contributed by atoms with Gasteiger partial charge in [0.05, 0.1) is 25.7 Å². The number of rotatable bonds is 31. The first-order valence-electron chi connectivity index (χ1n) is 22.0. The largest absolute Gasteiger partial charge is 0.480 e. The summed E-state index contributed by atoms with van der Waals surface area (Å²) in [6.07, 6.45) is 2.25. The molecule has 0 unspecified atom stereocenters. The maximum absolute atomic E-state index is 13.5. The second-order valence-electron chi connectivity index (χ2n) is 17.2. The minimum Gasteiger partial charge on any atom is -0.480 e. The normalized spacial score (nSPS) is 16.7. The van der Waals surface area contributed by atoms with E-state index < -0.39 is 121 Å². The van der Waals surface area contributed by atoms with Gasteiger partial charge in [0, 0.05) is 19.5 Å². The number of nitrogens with one attached hydrogen (secondary N) is 8. The smallest absolute Gasteiger partial charge is 0.326 e. The summed E-state index contributed by atoms with van der Waals surface area (Å²) in [4.78, 5) is 141. The molecule has 1 heterocycles. The summed E-state index contributed by atoms with van der Waals surface area (Å²) < 4.78 is 0. The van der Waals surface area contributed by atoms with Gasteiger partial charge in [-0.05, 0) is 83.6 Å². The molecule has 7 atom stereocenters. The topological polar surface area (TPSA) is 386 Å². The molecule has 0 aromatic heterocycles. The number of carboxylic acid groups (broad SMARTS) is 1. The number of hydrogen-bond acceptors (Lipinski definition) is 14. The Kier molecular flexibility index (Phi) is 25.5. The van der Waals surface area contributed by atoms with Crippen molar-refractivity contribution in [2.75, 3.05) is 39.3 Å². The van der Waals surface area contributed by atoms with Crippen molar-refractivity contribution < 1.29 is 57.8 Å². The molecule has 0 spiro atoms. The molecule has 0 bridgehead atoms. The van der Waals surface area contributed by atoms with E-state index in [0.29, 0.717) is 38.5 Å². The van der Waals surface area contributed by atoms with E-state index >= 15 is 0 Å². The summed E-state index contributed by atoms with van der Waals surface area (Å²) in [6, 6.07) is -6.60. The molecule has 368 valence electrons. The van der Waals surface area contributed by atoms with E-state index in [9.17, 15) is 57.8 Å². The van der Waals surface area contributed by atoms with Gasteiger partial charge in [-0.15, -0.1) is 0 Å². The van der Waals surface area contributed by atoms with Crippen LogP contribution < -0.4 is 59.7 Å². The molecule has 1 saturated heterocycles. The fourth-order valence-corrected chi connectivity index (χ4v) is 6.98. The SMILES string of the molecule is CC(C)C[C@H](NC(=O)CNC[C@@](C=O)(CC(C)C)NC(=O)[C@H](CCC(N)=O)NC(=O)CNC(=O)[C@H](C)N)C(=O)N[C@@H](C)C(=O)NCC(=O)N1CCC[C@H]1C(=O)N[C@@H](CCCCN)C(=O)O. The van der Waals surface area contributed by atoms with Crippen molar-refractivity contribution in [2.45, 2.75) is 141 Å². The standard InChI is InChI=1S/C41H72N12O12/c1-23(2)16-29(37(61)48-26(6)36(60)47-20-34(58)53-15-9-11-30(53)39(63)51-28(40(64)65)10-7-8-14-42)50-32(56)18-45-21-41(22-54,17-24(3)4)52-38(62)27(12-13-31(44)55)49-33(57)19-46-35(59)25(5)43/h22-30,45H,7-21,42-43H2,1-6H3,(H2,44,55)(H,46,59)(H,47,60)(H,48,61)(H,49,57)(H,50,56)(H,51,63)(H,52,62)(H,64,65)/t25-,26-,27-,28-,29-,30-,41+/m0/s1. The Morgan fingerprint density at radius 2 is 1.38 bits per heavy atom. The van der Waals surface area contributed by atoms with E-state index in [1.54, 1.807) is 13.8 Å². The van der Waals surface area contributed by atoms with Crippen LogP contribution in [0.3, 0.4) is 0 Å². The van der Waals surface area contributed by atoms with Gasteiger partial charge >= 0.3 is 5.97 Å². The van der Waals surface area contributed by atoms with E-state index in [1.165, 1.54) is 18.7 Å². The molecular weight excluding hydrogens is 853 g/mol. The average Bonchev–Trinajstić information content (AvgIpc) is 3.72. The van der Waals surface area contributed by atoms with Crippen molar-refractivity contribution in [2.24, 2.45) is 29.0 Å². The molecule has 0 aromatic carbocycles. The summed E-state index contributed by atoms with van der Waals surface area (Å²) in [5.74, 6) is -7.75. The summed E-state index contributed by atoms with van der Waals surface area (Å²) in [5, 5.41) is 29.9. The van der Waals surface area contributed by atoms with Crippen molar-refractivity contribution in [1.82, 2.24) is 47.4 Å². The lowest BCUT2D eigenvalue weighted by atomic mass is 9.89. The van der Waals surface area contributed by atoms with Gasteiger partial charge in [-0.3, -0.25) is 43.2 Å². The predicted octanol–water partition coefficient (Wildman–Crippen LogP) is -4.27. The Hall–Kier alpha value is -5.75. The van der Waals surface area contributed by atoms with Gasteiger partial charge in [0.2, 0.25) is 53.2 Å². The Bertz CT molecular complexity index is 1680. The van der Waals surface area contributed by atoms with Gasteiger partial charge in [0.1, 0.15) is 42.0 Å². The highest BCUT2D eigenvalue weighted by molar-refractivity contribution is 5.95. The van der Waals surface area contributed by atoms with Crippen LogP contribution in [0.15, 0.2) is 0 Å². The van der Waals surface area contributed by atoms with E-state index in [0.717, 1.165) is 0 Å². The van der Waals surface area contributed by atoms with Crippen molar-refractivity contribution in [1.29, 1.82) is 0 Å². The lowest BCUT2D eigenvalue weighted by Gasteiger charge is -2.33. The Morgan fingerprint density at radius 3 is 1.95 bits per heavy atom. The molecule has 9 amide bonds. The molecule has 1 aliphatic rings. The van der Waals surface area contributed by atoms with E-state index in [4.69, 9.17) is 17.2 Å². The maximum Gasteiger partial charge on any atom is 0.326 e. The highest BCUT2D eigenvalue weighted by Crippen LogP contribution is 2.19. The zero-order valence-electron chi connectivity index (χ0n) is 38.4. The van der Waals surface area contributed by atoms with Crippen LogP contribution in [0.25, 0.3) is 0 Å². The predicted molar refractivity (Wildman–Crippen MR) is 235 cm³/mol. The van der Waals surface area contributed by atoms with Crippen LogP contribution in [-0.2, 0) is 52.7 Å². The minimum atomic E-state index is -1.61. The lowest BCUT2D eigenvalue weighted by molar-refractivity contribution is -0.144. The molecule has 1 fully saturated rings. The Labute approximate surface area is 379 Å². The monoisotopic (exact) mass is 925 g/mol. The van der Waals surface area contributed by atoms with Gasteiger partial charge in [-0.2, -0.15) is 0 Å². The number of primary amides is 1. The number of aliphatic carboxylic acids is 1. The van der Waals surface area contributed by atoms with Gasteiger partial charge < -0.3 is 74.5 Å². The first-order valence-corrected chi connectivity index (χ1v) is 22.0. The first kappa shape index (κ1) is 57.3. The number of likely N-dealkylation sites (tertiary alicyclic amines) is 1.